The van der Waals surface area contributed by atoms with E-state index in [0.29, 0.717) is 6.04 Å². The van der Waals surface area contributed by atoms with Gasteiger partial charge in [0.05, 0.1) is 5.69 Å². The Kier molecular flexibility index (Phi) is 3.02. The lowest BCUT2D eigenvalue weighted by Crippen LogP contribution is -2.33. The second-order valence-electron chi connectivity index (χ2n) is 4.65. The zero-order chi connectivity index (χ0) is 12.4. The molecule has 0 saturated heterocycles. The fourth-order valence-corrected chi connectivity index (χ4v) is 2.43. The molecule has 0 aromatic carbocycles. The van der Waals surface area contributed by atoms with Crippen LogP contribution in [0.2, 0.25) is 0 Å². The minimum atomic E-state index is 0.333. The smallest absolute Gasteiger partial charge is 0.115 e. The van der Waals surface area contributed by atoms with Gasteiger partial charge in [-0.05, 0) is 19.1 Å². The molecule has 0 amide bonds. The van der Waals surface area contributed by atoms with E-state index in [-0.39, 0.29) is 0 Å². The first-order chi connectivity index (χ1) is 8.84. The Bertz CT molecular complexity index is 526. The van der Waals surface area contributed by atoms with Gasteiger partial charge in [-0.2, -0.15) is 0 Å². The highest BCUT2D eigenvalue weighted by atomic mass is 15.2. The summed E-state index contributed by atoms with van der Waals surface area (Å²) in [7, 11) is 0. The lowest BCUT2D eigenvalue weighted by atomic mass is 10.0. The summed E-state index contributed by atoms with van der Waals surface area (Å²) in [6.07, 6.45) is 6.41. The van der Waals surface area contributed by atoms with E-state index in [1.54, 1.807) is 6.33 Å². The molecule has 2 aromatic heterocycles. The molecule has 1 atom stereocenters. The third-order valence-electron chi connectivity index (χ3n) is 3.55. The van der Waals surface area contributed by atoms with Crippen molar-refractivity contribution in [2.45, 2.75) is 25.9 Å². The first kappa shape index (κ1) is 11.3. The van der Waals surface area contributed by atoms with Gasteiger partial charge in [0.15, 0.2) is 0 Å². The second-order valence-corrected chi connectivity index (χ2v) is 4.65. The molecule has 0 aliphatic carbocycles. The number of nitrogens with zero attached hydrogens (tertiary/aromatic N) is 4. The molecule has 1 aliphatic rings. The van der Waals surface area contributed by atoms with E-state index in [1.807, 2.05) is 24.5 Å². The molecule has 0 fully saturated rings. The average molecular weight is 240 g/mol. The van der Waals surface area contributed by atoms with E-state index in [9.17, 15) is 0 Å². The highest BCUT2D eigenvalue weighted by Crippen LogP contribution is 2.24. The van der Waals surface area contributed by atoms with Gasteiger partial charge >= 0.3 is 0 Å². The molecular formula is C14H16N4. The van der Waals surface area contributed by atoms with Gasteiger partial charge in [0.2, 0.25) is 0 Å². The Balaban J connectivity index is 1.80. The number of pyridine rings is 1. The fourth-order valence-electron chi connectivity index (χ4n) is 2.43. The molecule has 0 N–H and O–H groups in total. The Morgan fingerprint density at radius 3 is 3.06 bits per heavy atom. The summed E-state index contributed by atoms with van der Waals surface area (Å²) in [5, 5.41) is 0. The highest BCUT2D eigenvalue weighted by molar-refractivity contribution is 5.20. The van der Waals surface area contributed by atoms with Gasteiger partial charge in [0.25, 0.3) is 0 Å². The maximum absolute atomic E-state index is 4.44. The van der Waals surface area contributed by atoms with Crippen molar-refractivity contribution >= 4 is 0 Å². The third kappa shape index (κ3) is 2.11. The average Bonchev–Trinajstić information content (AvgIpc) is 2.47. The molecule has 92 valence electrons. The van der Waals surface area contributed by atoms with E-state index in [0.717, 1.165) is 25.2 Å². The van der Waals surface area contributed by atoms with E-state index in [4.69, 9.17) is 0 Å². The Morgan fingerprint density at radius 1 is 1.28 bits per heavy atom. The largest absolute Gasteiger partial charge is 0.290 e. The SMILES string of the molecule is CC(c1ccccn1)N1CCc2ncncc2C1. The van der Waals surface area contributed by atoms with Crippen LogP contribution in [-0.4, -0.2) is 26.4 Å². The number of fused-ring (bicyclic) bond motifs is 1. The maximum atomic E-state index is 4.44. The zero-order valence-electron chi connectivity index (χ0n) is 10.5. The fraction of sp³-hybridized carbons (Fsp3) is 0.357. The number of hydrogen-bond donors (Lipinski definition) is 0. The van der Waals surface area contributed by atoms with Crippen LogP contribution in [0.5, 0.6) is 0 Å². The zero-order valence-corrected chi connectivity index (χ0v) is 10.5. The minimum absolute atomic E-state index is 0.333. The predicted molar refractivity (Wildman–Crippen MR) is 68.8 cm³/mol. The van der Waals surface area contributed by atoms with Crippen LogP contribution in [0.4, 0.5) is 0 Å². The second kappa shape index (κ2) is 4.82. The van der Waals surface area contributed by atoms with Crippen LogP contribution in [0.3, 0.4) is 0 Å². The molecule has 3 heterocycles. The Hall–Kier alpha value is -1.81. The van der Waals surface area contributed by atoms with Gasteiger partial charge < -0.3 is 0 Å². The van der Waals surface area contributed by atoms with Crippen LogP contribution < -0.4 is 0 Å². The van der Waals surface area contributed by atoms with Crippen molar-refractivity contribution in [3.63, 3.8) is 0 Å². The molecular weight excluding hydrogens is 224 g/mol. The van der Waals surface area contributed by atoms with Gasteiger partial charge in [0.1, 0.15) is 6.33 Å². The van der Waals surface area contributed by atoms with Gasteiger partial charge in [-0.1, -0.05) is 6.07 Å². The Labute approximate surface area is 107 Å². The molecule has 0 radical (unpaired) electrons. The summed E-state index contributed by atoms with van der Waals surface area (Å²) in [4.78, 5) is 15.3. The van der Waals surface area contributed by atoms with E-state index in [1.165, 1.54) is 11.3 Å². The van der Waals surface area contributed by atoms with Crippen LogP contribution in [-0.2, 0) is 13.0 Å². The van der Waals surface area contributed by atoms with Crippen molar-refractivity contribution in [3.8, 4) is 0 Å². The van der Waals surface area contributed by atoms with Crippen molar-refractivity contribution in [2.24, 2.45) is 0 Å². The maximum Gasteiger partial charge on any atom is 0.115 e. The van der Waals surface area contributed by atoms with Crippen molar-refractivity contribution in [3.05, 3.63) is 53.9 Å². The topological polar surface area (TPSA) is 41.9 Å². The first-order valence-electron chi connectivity index (χ1n) is 6.27. The number of hydrogen-bond acceptors (Lipinski definition) is 4. The van der Waals surface area contributed by atoms with Crippen LogP contribution in [0, 0.1) is 0 Å². The van der Waals surface area contributed by atoms with E-state index < -0.39 is 0 Å². The molecule has 0 bridgehead atoms. The van der Waals surface area contributed by atoms with Crippen LogP contribution in [0.25, 0.3) is 0 Å². The van der Waals surface area contributed by atoms with Crippen LogP contribution in [0.1, 0.15) is 29.9 Å². The molecule has 1 aliphatic heterocycles. The molecule has 18 heavy (non-hydrogen) atoms. The van der Waals surface area contributed by atoms with Crippen LogP contribution in [0.15, 0.2) is 36.9 Å². The molecule has 1 unspecified atom stereocenters. The normalized spacial score (nSPS) is 17.2. The summed E-state index contributed by atoms with van der Waals surface area (Å²) in [5.74, 6) is 0. The monoisotopic (exact) mass is 240 g/mol. The third-order valence-corrected chi connectivity index (χ3v) is 3.55. The summed E-state index contributed by atoms with van der Waals surface area (Å²) < 4.78 is 0. The van der Waals surface area contributed by atoms with Crippen molar-refractivity contribution in [1.29, 1.82) is 0 Å². The minimum Gasteiger partial charge on any atom is -0.290 e. The summed E-state index contributed by atoms with van der Waals surface area (Å²) in [6, 6.07) is 6.41. The highest BCUT2D eigenvalue weighted by Gasteiger charge is 2.22. The van der Waals surface area contributed by atoms with Gasteiger partial charge in [0, 0.05) is 49.2 Å². The van der Waals surface area contributed by atoms with Crippen molar-refractivity contribution in [1.82, 2.24) is 19.9 Å². The molecule has 0 saturated carbocycles. The number of aromatic nitrogens is 3. The lowest BCUT2D eigenvalue weighted by Gasteiger charge is -2.32. The summed E-state index contributed by atoms with van der Waals surface area (Å²) in [6.45, 7) is 4.15. The molecule has 3 rings (SSSR count). The van der Waals surface area contributed by atoms with Crippen LogP contribution >= 0.6 is 0 Å². The quantitative estimate of drug-likeness (QED) is 0.805. The van der Waals surface area contributed by atoms with E-state index in [2.05, 4.69) is 32.8 Å². The number of rotatable bonds is 2. The Morgan fingerprint density at radius 2 is 2.22 bits per heavy atom. The summed E-state index contributed by atoms with van der Waals surface area (Å²) >= 11 is 0. The lowest BCUT2D eigenvalue weighted by molar-refractivity contribution is 0.187. The van der Waals surface area contributed by atoms with Crippen molar-refractivity contribution in [2.75, 3.05) is 6.54 Å². The molecule has 0 spiro atoms. The van der Waals surface area contributed by atoms with E-state index >= 15 is 0 Å². The molecule has 4 nitrogen and oxygen atoms in total. The predicted octanol–water partition coefficient (Wildman–Crippen LogP) is 1.99. The van der Waals surface area contributed by atoms with Gasteiger partial charge in [-0.25, -0.2) is 9.97 Å². The van der Waals surface area contributed by atoms with Gasteiger partial charge in [-0.3, -0.25) is 9.88 Å². The standard InChI is InChI=1S/C14H16N4/c1-11(13-4-2-3-6-16-13)18-7-5-14-12(9-18)8-15-10-17-14/h2-4,6,8,10-11H,5,7,9H2,1H3. The molecule has 4 heteroatoms. The molecule has 2 aromatic rings. The summed E-state index contributed by atoms with van der Waals surface area (Å²) in [5.41, 5.74) is 3.55. The van der Waals surface area contributed by atoms with Gasteiger partial charge in [-0.15, -0.1) is 0 Å². The first-order valence-corrected chi connectivity index (χ1v) is 6.27. The van der Waals surface area contributed by atoms with Crippen molar-refractivity contribution < 1.29 is 0 Å².